The normalized spacial score (nSPS) is 10.9. The number of carbonyl (C=O) groups is 2. The van der Waals surface area contributed by atoms with Crippen LogP contribution >= 0.6 is 0 Å². The Morgan fingerprint density at radius 3 is 2.12 bits per heavy atom. The van der Waals surface area contributed by atoms with Crippen molar-refractivity contribution in [1.82, 2.24) is 5.32 Å². The Hall–Kier alpha value is -2.82. The summed E-state index contributed by atoms with van der Waals surface area (Å²) >= 11 is 0. The minimum atomic E-state index is -0.287. The predicted octanol–water partition coefficient (Wildman–Crippen LogP) is 3.68. The van der Waals surface area contributed by atoms with Crippen molar-refractivity contribution in [2.45, 2.75) is 33.2 Å². The molecule has 0 saturated carbocycles. The first kappa shape index (κ1) is 19.5. The number of anilines is 2. The van der Waals surface area contributed by atoms with E-state index in [0.717, 1.165) is 12.2 Å². The first-order chi connectivity index (χ1) is 12.3. The zero-order chi connectivity index (χ0) is 19.2. The number of benzene rings is 2. The van der Waals surface area contributed by atoms with Crippen LogP contribution in [0.3, 0.4) is 0 Å². The van der Waals surface area contributed by atoms with Gasteiger partial charge in [-0.1, -0.05) is 18.2 Å². The van der Waals surface area contributed by atoms with Crippen LogP contribution in [0.5, 0.6) is 0 Å². The molecule has 26 heavy (non-hydrogen) atoms. The second-order valence-electron chi connectivity index (χ2n) is 7.18. The fraction of sp³-hybridized carbons (Fsp3) is 0.333. The van der Waals surface area contributed by atoms with E-state index in [9.17, 15) is 9.59 Å². The number of hydrogen-bond acceptors (Lipinski definition) is 3. The molecule has 0 unspecified atom stereocenters. The van der Waals surface area contributed by atoms with Crippen LogP contribution in [-0.4, -0.2) is 30.4 Å². The minimum Gasteiger partial charge on any atom is -0.362 e. The van der Waals surface area contributed by atoms with Gasteiger partial charge < -0.3 is 15.5 Å². The molecule has 0 radical (unpaired) electrons. The molecule has 0 saturated heterocycles. The molecule has 2 amide bonds. The van der Waals surface area contributed by atoms with Crippen molar-refractivity contribution in [3.05, 3.63) is 60.2 Å². The second kappa shape index (κ2) is 8.52. The molecule has 0 heterocycles. The van der Waals surface area contributed by atoms with E-state index in [-0.39, 0.29) is 23.9 Å². The molecular formula is C21H27N3O2. The summed E-state index contributed by atoms with van der Waals surface area (Å²) in [5.74, 6) is -0.223. The molecular weight excluding hydrogens is 326 g/mol. The van der Waals surface area contributed by atoms with Gasteiger partial charge in [0.2, 0.25) is 5.91 Å². The lowest BCUT2D eigenvalue weighted by atomic mass is 10.1. The van der Waals surface area contributed by atoms with Gasteiger partial charge >= 0.3 is 0 Å². The van der Waals surface area contributed by atoms with Gasteiger partial charge in [0.25, 0.3) is 5.91 Å². The Bertz CT molecular complexity index is 734. The molecule has 2 aromatic carbocycles. The second-order valence-corrected chi connectivity index (χ2v) is 7.18. The number of nitrogens with zero attached hydrogens (tertiary/aromatic N) is 1. The molecule has 0 aromatic heterocycles. The summed E-state index contributed by atoms with van der Waals surface area (Å²) in [5, 5.41) is 5.79. The SMILES string of the molecule is CCN(CC(=O)Nc1ccc(C(=O)NC(C)(C)C)cc1)c1ccccc1. The van der Waals surface area contributed by atoms with Gasteiger partial charge in [-0.25, -0.2) is 0 Å². The van der Waals surface area contributed by atoms with Crippen molar-refractivity contribution in [1.29, 1.82) is 0 Å². The largest absolute Gasteiger partial charge is 0.362 e. The zero-order valence-corrected chi connectivity index (χ0v) is 15.9. The number of para-hydroxylation sites is 1. The Morgan fingerprint density at radius 1 is 0.962 bits per heavy atom. The van der Waals surface area contributed by atoms with E-state index in [1.54, 1.807) is 24.3 Å². The average Bonchev–Trinajstić information content (AvgIpc) is 2.59. The average molecular weight is 353 g/mol. The summed E-state index contributed by atoms with van der Waals surface area (Å²) in [6.45, 7) is 8.84. The molecule has 0 aliphatic rings. The number of carbonyl (C=O) groups excluding carboxylic acids is 2. The summed E-state index contributed by atoms with van der Waals surface area (Å²) in [7, 11) is 0. The lowest BCUT2D eigenvalue weighted by Gasteiger charge is -2.22. The number of hydrogen-bond donors (Lipinski definition) is 2. The zero-order valence-electron chi connectivity index (χ0n) is 15.9. The molecule has 0 aliphatic carbocycles. The highest BCUT2D eigenvalue weighted by atomic mass is 16.2. The molecule has 0 fully saturated rings. The molecule has 2 aromatic rings. The van der Waals surface area contributed by atoms with E-state index in [4.69, 9.17) is 0 Å². The van der Waals surface area contributed by atoms with Gasteiger partial charge in [-0.05, 0) is 64.1 Å². The number of nitrogens with one attached hydrogen (secondary N) is 2. The molecule has 138 valence electrons. The summed E-state index contributed by atoms with van der Waals surface area (Å²) in [5.41, 5.74) is 1.97. The van der Waals surface area contributed by atoms with Crippen LogP contribution in [-0.2, 0) is 4.79 Å². The number of likely N-dealkylation sites (N-methyl/N-ethyl adjacent to an activating group) is 1. The highest BCUT2D eigenvalue weighted by Gasteiger charge is 2.15. The monoisotopic (exact) mass is 353 g/mol. The van der Waals surface area contributed by atoms with Crippen LogP contribution in [0.25, 0.3) is 0 Å². The van der Waals surface area contributed by atoms with E-state index >= 15 is 0 Å². The van der Waals surface area contributed by atoms with Gasteiger partial charge in [-0.3, -0.25) is 9.59 Å². The van der Waals surface area contributed by atoms with E-state index in [1.807, 2.05) is 62.9 Å². The van der Waals surface area contributed by atoms with Crippen molar-refractivity contribution in [2.24, 2.45) is 0 Å². The van der Waals surface area contributed by atoms with Crippen molar-refractivity contribution in [3.8, 4) is 0 Å². The lowest BCUT2D eigenvalue weighted by Crippen LogP contribution is -2.40. The standard InChI is InChI=1S/C21H27N3O2/c1-5-24(18-9-7-6-8-10-18)15-19(25)22-17-13-11-16(12-14-17)20(26)23-21(2,3)4/h6-14H,5,15H2,1-4H3,(H,22,25)(H,23,26). The van der Waals surface area contributed by atoms with E-state index < -0.39 is 0 Å². The van der Waals surface area contributed by atoms with E-state index in [1.165, 1.54) is 0 Å². The maximum atomic E-state index is 12.3. The first-order valence-electron chi connectivity index (χ1n) is 8.81. The molecule has 0 spiro atoms. The molecule has 2 rings (SSSR count). The Balaban J connectivity index is 1.96. The Morgan fingerprint density at radius 2 is 1.58 bits per heavy atom. The highest BCUT2D eigenvalue weighted by Crippen LogP contribution is 2.14. The Kier molecular flexibility index (Phi) is 6.39. The quantitative estimate of drug-likeness (QED) is 0.833. The van der Waals surface area contributed by atoms with Crippen LogP contribution < -0.4 is 15.5 Å². The fourth-order valence-electron chi connectivity index (χ4n) is 2.52. The summed E-state index contributed by atoms with van der Waals surface area (Å²) in [6, 6.07) is 16.8. The van der Waals surface area contributed by atoms with Gasteiger partial charge in [-0.15, -0.1) is 0 Å². The van der Waals surface area contributed by atoms with Crippen LogP contribution in [0, 0.1) is 0 Å². The maximum Gasteiger partial charge on any atom is 0.251 e. The number of amides is 2. The Labute approximate surface area is 155 Å². The maximum absolute atomic E-state index is 12.3. The topological polar surface area (TPSA) is 61.4 Å². The number of rotatable bonds is 6. The molecule has 5 nitrogen and oxygen atoms in total. The highest BCUT2D eigenvalue weighted by molar-refractivity contribution is 5.97. The van der Waals surface area contributed by atoms with Gasteiger partial charge in [-0.2, -0.15) is 0 Å². The molecule has 0 bridgehead atoms. The van der Waals surface area contributed by atoms with Crippen molar-refractivity contribution < 1.29 is 9.59 Å². The van der Waals surface area contributed by atoms with Gasteiger partial charge in [0, 0.05) is 29.0 Å². The predicted molar refractivity (Wildman–Crippen MR) is 107 cm³/mol. The van der Waals surface area contributed by atoms with Crippen molar-refractivity contribution >= 4 is 23.2 Å². The van der Waals surface area contributed by atoms with Crippen molar-refractivity contribution in [2.75, 3.05) is 23.3 Å². The van der Waals surface area contributed by atoms with E-state index in [0.29, 0.717) is 11.3 Å². The summed E-state index contributed by atoms with van der Waals surface area (Å²) < 4.78 is 0. The summed E-state index contributed by atoms with van der Waals surface area (Å²) in [4.78, 5) is 26.5. The lowest BCUT2D eigenvalue weighted by molar-refractivity contribution is -0.115. The fourth-order valence-corrected chi connectivity index (χ4v) is 2.52. The van der Waals surface area contributed by atoms with Crippen LogP contribution in [0.4, 0.5) is 11.4 Å². The third-order valence-electron chi connectivity index (χ3n) is 3.76. The molecule has 0 aliphatic heterocycles. The van der Waals surface area contributed by atoms with Gasteiger partial charge in [0.1, 0.15) is 0 Å². The smallest absolute Gasteiger partial charge is 0.251 e. The third-order valence-corrected chi connectivity index (χ3v) is 3.76. The van der Waals surface area contributed by atoms with Crippen LogP contribution in [0.1, 0.15) is 38.1 Å². The van der Waals surface area contributed by atoms with Crippen LogP contribution in [0.15, 0.2) is 54.6 Å². The van der Waals surface area contributed by atoms with Crippen molar-refractivity contribution in [3.63, 3.8) is 0 Å². The third kappa shape index (κ3) is 5.92. The molecule has 2 N–H and O–H groups in total. The minimum absolute atomic E-state index is 0.0948. The van der Waals surface area contributed by atoms with E-state index in [2.05, 4.69) is 10.6 Å². The van der Waals surface area contributed by atoms with Crippen LogP contribution in [0.2, 0.25) is 0 Å². The molecule has 5 heteroatoms. The summed E-state index contributed by atoms with van der Waals surface area (Å²) in [6.07, 6.45) is 0. The first-order valence-corrected chi connectivity index (χ1v) is 8.81. The van der Waals surface area contributed by atoms with Gasteiger partial charge in [0.05, 0.1) is 6.54 Å². The van der Waals surface area contributed by atoms with Gasteiger partial charge in [0.15, 0.2) is 0 Å². The molecule has 0 atom stereocenters.